The fraction of sp³-hybridized carbons (Fsp3) is 0.667. The summed E-state index contributed by atoms with van der Waals surface area (Å²) < 4.78 is 25.0. The molecule has 5 rings (SSSR count). The first kappa shape index (κ1) is 20.8. The van der Waals surface area contributed by atoms with E-state index in [9.17, 15) is 13.5 Å². The third-order valence-electron chi connectivity index (χ3n) is 6.80. The monoisotopic (exact) mass is 446 g/mol. The van der Waals surface area contributed by atoms with E-state index in [1.54, 1.807) is 0 Å². The van der Waals surface area contributed by atoms with Crippen molar-refractivity contribution in [3.05, 3.63) is 18.0 Å². The Hall–Kier alpha value is -2.04. The van der Waals surface area contributed by atoms with Crippen molar-refractivity contribution in [2.24, 2.45) is 5.41 Å². The predicted octanol–water partition coefficient (Wildman–Crippen LogP) is 1.52. The van der Waals surface area contributed by atoms with Gasteiger partial charge in [-0.1, -0.05) is 0 Å². The van der Waals surface area contributed by atoms with Gasteiger partial charge in [-0.15, -0.1) is 0 Å². The molecule has 31 heavy (non-hydrogen) atoms. The Morgan fingerprint density at radius 3 is 2.48 bits per heavy atom. The van der Waals surface area contributed by atoms with Crippen LogP contribution in [0.25, 0.3) is 10.9 Å². The maximum Gasteiger partial charge on any atom is 0.223 e. The van der Waals surface area contributed by atoms with Crippen LogP contribution in [-0.4, -0.2) is 76.9 Å². The minimum absolute atomic E-state index is 0.141. The molecule has 1 spiro atoms. The number of fused-ring (bicyclic) bond motifs is 1. The van der Waals surface area contributed by atoms with Crippen molar-refractivity contribution in [2.45, 2.75) is 51.2 Å². The first-order valence-electron chi connectivity index (χ1n) is 10.9. The lowest BCUT2D eigenvalue weighted by Crippen LogP contribution is -2.67. The number of piperidine rings is 1. The molecule has 2 aromatic heterocycles. The second-order valence-electron chi connectivity index (χ2n) is 10.0. The predicted molar refractivity (Wildman–Crippen MR) is 120 cm³/mol. The van der Waals surface area contributed by atoms with Crippen LogP contribution < -0.4 is 10.2 Å². The number of aryl methyl sites for hydroxylation is 1. The third kappa shape index (κ3) is 3.96. The zero-order valence-electron chi connectivity index (χ0n) is 18.3. The molecule has 2 aliphatic heterocycles. The summed E-state index contributed by atoms with van der Waals surface area (Å²) in [7, 11) is -3.14. The van der Waals surface area contributed by atoms with E-state index in [1.165, 1.54) is 10.6 Å². The maximum absolute atomic E-state index is 11.7. The molecular formula is C21H30N6O3S. The molecule has 2 saturated heterocycles. The van der Waals surface area contributed by atoms with Crippen LogP contribution in [0.1, 0.15) is 38.3 Å². The lowest BCUT2D eigenvalue weighted by molar-refractivity contribution is -0.126. The summed E-state index contributed by atoms with van der Waals surface area (Å²) in [5.41, 5.74) is 1.45. The molecule has 10 heteroatoms. The molecule has 0 aromatic carbocycles. The molecule has 1 aliphatic carbocycles. The Morgan fingerprint density at radius 1 is 1.19 bits per heavy atom. The van der Waals surface area contributed by atoms with Crippen LogP contribution in [0.3, 0.4) is 0 Å². The number of sulfonamides is 1. The highest BCUT2D eigenvalue weighted by Gasteiger charge is 2.57. The smallest absolute Gasteiger partial charge is 0.223 e. The summed E-state index contributed by atoms with van der Waals surface area (Å²) in [5.74, 6) is 1.43. The number of aromatic nitrogens is 3. The third-order valence-corrected chi connectivity index (χ3v) is 8.10. The highest BCUT2D eigenvalue weighted by atomic mass is 32.2. The first-order chi connectivity index (χ1) is 14.5. The molecule has 1 saturated carbocycles. The Bertz CT molecular complexity index is 1110. The van der Waals surface area contributed by atoms with Crippen molar-refractivity contribution in [1.82, 2.24) is 19.3 Å². The minimum atomic E-state index is -3.14. The van der Waals surface area contributed by atoms with Crippen LogP contribution in [0.5, 0.6) is 0 Å². The molecule has 3 fully saturated rings. The van der Waals surface area contributed by atoms with Crippen LogP contribution in [-0.2, 0) is 10.0 Å². The Labute approximate surface area is 182 Å². The molecule has 0 amide bonds. The van der Waals surface area contributed by atoms with Gasteiger partial charge in [0.05, 0.1) is 11.9 Å². The summed E-state index contributed by atoms with van der Waals surface area (Å²) in [6, 6.07) is 2.14. The summed E-state index contributed by atoms with van der Waals surface area (Å²) in [4.78, 5) is 16.3. The standard InChI is InChI=1S/C21H30N6O3S/c1-14-8-15-9-22-19(24-16-4-6-27(7-5-16)31(3,29)30)25-17(15)18(23-14)26-12-21(13-26)10-20(2,28)11-21/h8-9,16,28H,4-7,10-13H2,1-3H3,(H,22,24,25). The van der Waals surface area contributed by atoms with Gasteiger partial charge >= 0.3 is 0 Å². The van der Waals surface area contributed by atoms with E-state index in [2.05, 4.69) is 15.2 Å². The molecule has 0 unspecified atom stereocenters. The molecule has 168 valence electrons. The second-order valence-corrected chi connectivity index (χ2v) is 12.0. The summed E-state index contributed by atoms with van der Waals surface area (Å²) in [5, 5.41) is 14.5. The Balaban J connectivity index is 1.33. The molecular weight excluding hydrogens is 416 g/mol. The number of nitrogens with one attached hydrogen (secondary N) is 1. The Morgan fingerprint density at radius 2 is 1.87 bits per heavy atom. The number of nitrogens with zero attached hydrogens (tertiary/aromatic N) is 5. The summed E-state index contributed by atoms with van der Waals surface area (Å²) >= 11 is 0. The quantitative estimate of drug-likeness (QED) is 0.727. The Kier molecular flexibility index (Phi) is 4.69. The molecule has 0 atom stereocenters. The van der Waals surface area contributed by atoms with E-state index >= 15 is 0 Å². The van der Waals surface area contributed by atoms with E-state index in [-0.39, 0.29) is 11.5 Å². The van der Waals surface area contributed by atoms with Crippen molar-refractivity contribution in [1.29, 1.82) is 0 Å². The van der Waals surface area contributed by atoms with E-state index < -0.39 is 15.6 Å². The molecule has 3 aliphatic rings. The van der Waals surface area contributed by atoms with E-state index in [4.69, 9.17) is 9.97 Å². The van der Waals surface area contributed by atoms with Gasteiger partial charge in [-0.2, -0.15) is 0 Å². The zero-order chi connectivity index (χ0) is 22.0. The largest absolute Gasteiger partial charge is 0.390 e. The van der Waals surface area contributed by atoms with E-state index in [1.807, 2.05) is 26.1 Å². The lowest BCUT2D eigenvalue weighted by Gasteiger charge is -2.62. The molecule has 9 nitrogen and oxygen atoms in total. The van der Waals surface area contributed by atoms with Crippen LogP contribution in [0.2, 0.25) is 0 Å². The summed E-state index contributed by atoms with van der Waals surface area (Å²) in [6.07, 6.45) is 6.22. The van der Waals surface area contributed by atoms with Crippen molar-refractivity contribution < 1.29 is 13.5 Å². The van der Waals surface area contributed by atoms with Gasteiger partial charge in [-0.05, 0) is 45.6 Å². The van der Waals surface area contributed by atoms with Gasteiger partial charge in [0.15, 0.2) is 5.82 Å². The van der Waals surface area contributed by atoms with Gasteiger partial charge < -0.3 is 15.3 Å². The van der Waals surface area contributed by atoms with Crippen LogP contribution in [0, 0.1) is 12.3 Å². The number of anilines is 2. The fourth-order valence-corrected chi connectivity index (χ4v) is 6.53. The average molecular weight is 447 g/mol. The number of hydrogen-bond acceptors (Lipinski definition) is 8. The number of rotatable bonds is 4. The zero-order valence-corrected chi connectivity index (χ0v) is 19.1. The minimum Gasteiger partial charge on any atom is -0.390 e. The molecule has 4 heterocycles. The van der Waals surface area contributed by atoms with E-state index in [0.717, 1.165) is 61.2 Å². The molecule has 2 N–H and O–H groups in total. The van der Waals surface area contributed by atoms with Gasteiger partial charge in [0, 0.05) is 54.9 Å². The van der Waals surface area contributed by atoms with Gasteiger partial charge in [0.2, 0.25) is 16.0 Å². The summed E-state index contributed by atoms with van der Waals surface area (Å²) in [6.45, 7) is 6.70. The van der Waals surface area contributed by atoms with Crippen molar-refractivity contribution >= 4 is 32.7 Å². The number of aliphatic hydroxyl groups is 1. The molecule has 2 aromatic rings. The first-order valence-corrected chi connectivity index (χ1v) is 12.7. The average Bonchev–Trinajstić information content (AvgIpc) is 2.63. The van der Waals surface area contributed by atoms with Crippen LogP contribution >= 0.6 is 0 Å². The van der Waals surface area contributed by atoms with Crippen LogP contribution in [0.15, 0.2) is 12.3 Å². The molecule has 0 radical (unpaired) electrons. The van der Waals surface area contributed by atoms with E-state index in [0.29, 0.717) is 19.0 Å². The molecule has 0 bridgehead atoms. The maximum atomic E-state index is 11.7. The number of hydrogen-bond donors (Lipinski definition) is 2. The van der Waals surface area contributed by atoms with Gasteiger partial charge in [-0.25, -0.2) is 27.7 Å². The second kappa shape index (κ2) is 6.98. The van der Waals surface area contributed by atoms with Gasteiger partial charge in [0.25, 0.3) is 0 Å². The van der Waals surface area contributed by atoms with Gasteiger partial charge in [0.1, 0.15) is 5.52 Å². The SMILES string of the molecule is Cc1cc2cnc(NC3CCN(S(C)(=O)=O)CC3)nc2c(N2CC3(C2)CC(C)(O)C3)n1. The highest BCUT2D eigenvalue weighted by Crippen LogP contribution is 2.54. The van der Waals surface area contributed by atoms with Crippen molar-refractivity contribution in [2.75, 3.05) is 42.7 Å². The topological polar surface area (TPSA) is 112 Å². The van der Waals surface area contributed by atoms with Crippen molar-refractivity contribution in [3.8, 4) is 0 Å². The van der Waals surface area contributed by atoms with Crippen molar-refractivity contribution in [3.63, 3.8) is 0 Å². The highest BCUT2D eigenvalue weighted by molar-refractivity contribution is 7.88. The lowest BCUT2D eigenvalue weighted by atomic mass is 9.56. The number of pyridine rings is 1. The van der Waals surface area contributed by atoms with Crippen LogP contribution in [0.4, 0.5) is 11.8 Å². The van der Waals surface area contributed by atoms with Gasteiger partial charge in [-0.3, -0.25) is 0 Å². The fourth-order valence-electron chi connectivity index (χ4n) is 5.66. The normalized spacial score (nSPS) is 23.5.